The molecule has 1 aromatic carbocycles. The van der Waals surface area contributed by atoms with Gasteiger partial charge in [0.05, 0.1) is 25.6 Å². The van der Waals surface area contributed by atoms with Crippen LogP contribution in [0, 0.1) is 0 Å². The topological polar surface area (TPSA) is 53.3 Å². The Labute approximate surface area is 155 Å². The van der Waals surface area contributed by atoms with Crippen LogP contribution in [0.5, 0.6) is 0 Å². The normalized spacial score (nSPS) is 17.2. The van der Waals surface area contributed by atoms with Crippen molar-refractivity contribution in [3.63, 3.8) is 0 Å². The summed E-state index contributed by atoms with van der Waals surface area (Å²) < 4.78 is 52.2. The highest BCUT2D eigenvalue weighted by Crippen LogP contribution is 2.35. The highest BCUT2D eigenvalue weighted by atomic mass is 19.4. The number of hydrogen-bond donors (Lipinski definition) is 0. The number of imidazole rings is 1. The Balaban J connectivity index is 1.99. The molecule has 0 saturated carbocycles. The number of carbonyl (C=O) groups is 1. The molecule has 146 valence electrons. The molecule has 0 N–H and O–H groups in total. The van der Waals surface area contributed by atoms with Crippen LogP contribution in [0.3, 0.4) is 0 Å². The minimum Gasteiger partial charge on any atom is -0.449 e. The van der Waals surface area contributed by atoms with Crippen LogP contribution in [-0.2, 0) is 15.7 Å². The maximum atomic E-state index is 13.5. The Hall–Kier alpha value is -2.35. The van der Waals surface area contributed by atoms with Crippen molar-refractivity contribution in [2.75, 3.05) is 13.2 Å². The van der Waals surface area contributed by atoms with Crippen molar-refractivity contribution in [2.24, 2.45) is 0 Å². The van der Waals surface area contributed by atoms with Crippen molar-refractivity contribution in [3.8, 4) is 0 Å². The van der Waals surface area contributed by atoms with E-state index in [1.165, 1.54) is 4.57 Å². The summed E-state index contributed by atoms with van der Waals surface area (Å²) in [4.78, 5) is 16.3. The van der Waals surface area contributed by atoms with Gasteiger partial charge in [0.25, 0.3) is 0 Å². The van der Waals surface area contributed by atoms with E-state index in [1.807, 2.05) is 13.0 Å². The molecule has 1 atom stereocenters. The molecular weight excluding hydrogens is 361 g/mol. The summed E-state index contributed by atoms with van der Waals surface area (Å²) in [5, 5.41) is 0. The first kappa shape index (κ1) is 19.4. The Morgan fingerprint density at radius 2 is 2.00 bits per heavy atom. The van der Waals surface area contributed by atoms with Gasteiger partial charge in [-0.2, -0.15) is 13.2 Å². The number of hydrogen-bond acceptors (Lipinski definition) is 4. The molecule has 1 fully saturated rings. The van der Waals surface area contributed by atoms with E-state index < -0.39 is 35.2 Å². The quantitative estimate of drug-likeness (QED) is 0.702. The third-order valence-corrected chi connectivity index (χ3v) is 4.70. The van der Waals surface area contributed by atoms with Crippen molar-refractivity contribution in [1.29, 1.82) is 0 Å². The van der Waals surface area contributed by atoms with Crippen molar-refractivity contribution in [1.82, 2.24) is 9.55 Å². The summed E-state index contributed by atoms with van der Waals surface area (Å²) in [6.45, 7) is 4.01. The summed E-state index contributed by atoms with van der Waals surface area (Å²) in [5.41, 5.74) is -1.92. The van der Waals surface area contributed by atoms with Gasteiger partial charge in [-0.25, -0.2) is 9.78 Å². The number of aromatic nitrogens is 2. The molecule has 0 spiro atoms. The van der Waals surface area contributed by atoms with E-state index in [2.05, 4.69) is 4.98 Å². The first-order chi connectivity index (χ1) is 12.8. The lowest BCUT2D eigenvalue weighted by atomic mass is 9.96. The summed E-state index contributed by atoms with van der Waals surface area (Å²) >= 11 is 0. The Bertz CT molecular complexity index is 798. The molecule has 0 aliphatic carbocycles. The third-order valence-electron chi connectivity index (χ3n) is 4.70. The Morgan fingerprint density at radius 3 is 2.52 bits per heavy atom. The van der Waals surface area contributed by atoms with Gasteiger partial charge < -0.3 is 14.0 Å². The lowest BCUT2D eigenvalue weighted by Gasteiger charge is -2.40. The molecule has 1 aliphatic rings. The fourth-order valence-corrected chi connectivity index (χ4v) is 3.24. The Morgan fingerprint density at radius 1 is 1.33 bits per heavy atom. The molecule has 2 heterocycles. The van der Waals surface area contributed by atoms with Gasteiger partial charge >= 0.3 is 12.1 Å². The van der Waals surface area contributed by atoms with Gasteiger partial charge in [0, 0.05) is 0 Å². The molecule has 27 heavy (non-hydrogen) atoms. The molecule has 1 aromatic heterocycles. The summed E-state index contributed by atoms with van der Waals surface area (Å²) in [6.07, 6.45) is -2.46. The summed E-state index contributed by atoms with van der Waals surface area (Å²) in [7, 11) is 0. The number of alkyl halides is 3. The number of carbonyl (C=O) groups excluding carboxylic acids is 1. The second kappa shape index (κ2) is 7.34. The monoisotopic (exact) mass is 382 g/mol. The van der Waals surface area contributed by atoms with Gasteiger partial charge in [0.1, 0.15) is 0 Å². The van der Waals surface area contributed by atoms with Gasteiger partial charge in [0.15, 0.2) is 17.0 Å². The molecule has 2 aromatic rings. The van der Waals surface area contributed by atoms with Gasteiger partial charge in [-0.1, -0.05) is 43.7 Å². The van der Waals surface area contributed by atoms with E-state index in [-0.39, 0.29) is 13.2 Å². The molecule has 0 bridgehead atoms. The first-order valence-corrected chi connectivity index (χ1v) is 8.77. The largest absolute Gasteiger partial charge is 0.449 e. The average Bonchev–Trinajstić information content (AvgIpc) is 3.05. The standard InChI is InChI=1S/C19H21F3N2O3/c1-3-9-18(10-26-11-18)27-17(25)15-16(19(20,21)22)23-12-24(15)13(2)14-7-5-4-6-8-14/h4-8,12-13H,3,9-11H2,1-2H3/t13-/m1/s1. The van der Waals surface area contributed by atoms with Crippen molar-refractivity contribution < 1.29 is 27.4 Å². The van der Waals surface area contributed by atoms with Gasteiger partial charge in [-0.15, -0.1) is 0 Å². The molecule has 8 heteroatoms. The fraction of sp³-hybridized carbons (Fsp3) is 0.474. The number of esters is 1. The zero-order valence-electron chi connectivity index (χ0n) is 15.1. The van der Waals surface area contributed by atoms with Gasteiger partial charge in [0.2, 0.25) is 0 Å². The zero-order valence-corrected chi connectivity index (χ0v) is 15.1. The van der Waals surface area contributed by atoms with Gasteiger partial charge in [-0.3, -0.25) is 0 Å². The predicted octanol–water partition coefficient (Wildman–Crippen LogP) is 4.24. The van der Waals surface area contributed by atoms with Crippen LogP contribution in [0.15, 0.2) is 36.7 Å². The number of ether oxygens (including phenoxy) is 2. The van der Waals surface area contributed by atoms with E-state index in [1.54, 1.807) is 31.2 Å². The molecule has 3 rings (SSSR count). The van der Waals surface area contributed by atoms with E-state index in [0.717, 1.165) is 18.3 Å². The number of rotatable bonds is 6. The second-order valence-corrected chi connectivity index (χ2v) is 6.75. The highest BCUT2D eigenvalue weighted by molar-refractivity contribution is 5.89. The minimum absolute atomic E-state index is 0.191. The molecule has 0 amide bonds. The fourth-order valence-electron chi connectivity index (χ4n) is 3.24. The second-order valence-electron chi connectivity index (χ2n) is 6.75. The maximum Gasteiger partial charge on any atom is 0.435 e. The third kappa shape index (κ3) is 3.85. The summed E-state index contributed by atoms with van der Waals surface area (Å²) in [6, 6.07) is 8.43. The minimum atomic E-state index is -4.76. The maximum absolute atomic E-state index is 13.5. The van der Waals surface area contributed by atoms with Crippen molar-refractivity contribution in [2.45, 2.75) is 44.5 Å². The predicted molar refractivity (Wildman–Crippen MR) is 91.4 cm³/mol. The smallest absolute Gasteiger partial charge is 0.435 e. The number of halogens is 3. The van der Waals surface area contributed by atoms with E-state index in [0.29, 0.717) is 6.42 Å². The SMILES string of the molecule is CCCC1(OC(=O)c2c(C(F)(F)F)ncn2[C@H](C)c2ccccc2)COC1. The van der Waals surface area contributed by atoms with Crippen LogP contribution in [0.2, 0.25) is 0 Å². The van der Waals surface area contributed by atoms with Crippen LogP contribution in [-0.4, -0.2) is 34.3 Å². The van der Waals surface area contributed by atoms with Crippen LogP contribution in [0.1, 0.15) is 54.5 Å². The lowest BCUT2D eigenvalue weighted by Crippen LogP contribution is -2.53. The number of nitrogens with zero attached hydrogens (tertiary/aromatic N) is 2. The lowest BCUT2D eigenvalue weighted by molar-refractivity contribution is -0.184. The van der Waals surface area contributed by atoms with Crippen molar-refractivity contribution in [3.05, 3.63) is 53.6 Å². The number of benzene rings is 1. The highest BCUT2D eigenvalue weighted by Gasteiger charge is 2.46. The van der Waals surface area contributed by atoms with E-state index in [9.17, 15) is 18.0 Å². The van der Waals surface area contributed by atoms with E-state index in [4.69, 9.17) is 9.47 Å². The Kier molecular flexibility index (Phi) is 5.28. The molecule has 1 saturated heterocycles. The van der Waals surface area contributed by atoms with Crippen molar-refractivity contribution >= 4 is 5.97 Å². The van der Waals surface area contributed by atoms with Crippen LogP contribution >= 0.6 is 0 Å². The first-order valence-electron chi connectivity index (χ1n) is 8.77. The molecular formula is C19H21F3N2O3. The van der Waals surface area contributed by atoms with Crippen LogP contribution in [0.4, 0.5) is 13.2 Å². The van der Waals surface area contributed by atoms with E-state index >= 15 is 0 Å². The molecule has 5 nitrogen and oxygen atoms in total. The molecule has 0 unspecified atom stereocenters. The molecule has 1 aliphatic heterocycles. The molecule has 0 radical (unpaired) electrons. The summed E-state index contributed by atoms with van der Waals surface area (Å²) in [5.74, 6) is -1.03. The average molecular weight is 382 g/mol. The van der Waals surface area contributed by atoms with Crippen LogP contribution < -0.4 is 0 Å². The van der Waals surface area contributed by atoms with Crippen LogP contribution in [0.25, 0.3) is 0 Å². The zero-order chi connectivity index (χ0) is 19.7. The van der Waals surface area contributed by atoms with Gasteiger partial charge in [-0.05, 0) is 18.9 Å².